The van der Waals surface area contributed by atoms with Gasteiger partial charge in [-0.25, -0.2) is 0 Å². The Kier molecular flexibility index (Phi) is 4.84. The summed E-state index contributed by atoms with van der Waals surface area (Å²) in [4.78, 5) is 0. The summed E-state index contributed by atoms with van der Waals surface area (Å²) >= 11 is 3.68. The van der Waals surface area contributed by atoms with Crippen molar-refractivity contribution in [2.24, 2.45) is 13.0 Å². The van der Waals surface area contributed by atoms with Crippen molar-refractivity contribution in [1.29, 1.82) is 0 Å². The molecule has 2 rings (SSSR count). The van der Waals surface area contributed by atoms with E-state index >= 15 is 0 Å². The van der Waals surface area contributed by atoms with Crippen LogP contribution in [0, 0.1) is 12.8 Å². The Hall–Kier alpha value is -0.350. The van der Waals surface area contributed by atoms with Crippen molar-refractivity contribution in [2.45, 2.75) is 52.0 Å². The van der Waals surface area contributed by atoms with Gasteiger partial charge in [0.05, 0.1) is 15.9 Å². The predicted octanol–water partition coefficient (Wildman–Crippen LogP) is 3.20. The standard InChI is InChI=1S/C14H24BrN3/c1-4-8-16-12(11-6-5-7-11)9-13-14(15)10(2)17-18(13)3/h11-12,16H,4-9H2,1-3H3. The Morgan fingerprint density at radius 1 is 1.50 bits per heavy atom. The molecule has 1 fully saturated rings. The zero-order valence-electron chi connectivity index (χ0n) is 11.7. The molecule has 0 spiro atoms. The lowest BCUT2D eigenvalue weighted by Crippen LogP contribution is -2.42. The van der Waals surface area contributed by atoms with E-state index < -0.39 is 0 Å². The first-order chi connectivity index (χ1) is 8.63. The third kappa shape index (κ3) is 2.97. The maximum absolute atomic E-state index is 4.49. The zero-order chi connectivity index (χ0) is 13.1. The summed E-state index contributed by atoms with van der Waals surface area (Å²) < 4.78 is 3.21. The minimum Gasteiger partial charge on any atom is -0.313 e. The molecule has 1 aromatic rings. The summed E-state index contributed by atoms with van der Waals surface area (Å²) in [5, 5.41) is 8.21. The first kappa shape index (κ1) is 14.1. The van der Waals surface area contributed by atoms with Crippen LogP contribution in [0.1, 0.15) is 44.0 Å². The highest BCUT2D eigenvalue weighted by Crippen LogP contribution is 2.32. The van der Waals surface area contributed by atoms with Gasteiger partial charge in [-0.2, -0.15) is 5.10 Å². The van der Waals surface area contributed by atoms with Crippen LogP contribution in [-0.2, 0) is 13.5 Å². The van der Waals surface area contributed by atoms with Crippen molar-refractivity contribution in [3.8, 4) is 0 Å². The Morgan fingerprint density at radius 3 is 2.67 bits per heavy atom. The molecule has 4 heteroatoms. The monoisotopic (exact) mass is 313 g/mol. The number of rotatable bonds is 6. The summed E-state index contributed by atoms with van der Waals surface area (Å²) in [5.74, 6) is 0.860. The van der Waals surface area contributed by atoms with Crippen LogP contribution in [0.25, 0.3) is 0 Å². The van der Waals surface area contributed by atoms with Gasteiger partial charge in [0.2, 0.25) is 0 Å². The molecule has 0 amide bonds. The van der Waals surface area contributed by atoms with Crippen LogP contribution in [-0.4, -0.2) is 22.4 Å². The van der Waals surface area contributed by atoms with E-state index in [0.29, 0.717) is 6.04 Å². The summed E-state index contributed by atoms with van der Waals surface area (Å²) in [5.41, 5.74) is 2.42. The highest BCUT2D eigenvalue weighted by atomic mass is 79.9. The van der Waals surface area contributed by atoms with Gasteiger partial charge in [-0.05, 0) is 54.6 Å². The van der Waals surface area contributed by atoms with Gasteiger partial charge in [0.15, 0.2) is 0 Å². The van der Waals surface area contributed by atoms with Crippen LogP contribution in [0.4, 0.5) is 0 Å². The van der Waals surface area contributed by atoms with Crippen molar-refractivity contribution in [3.63, 3.8) is 0 Å². The molecule has 0 aromatic carbocycles. The van der Waals surface area contributed by atoms with Crippen LogP contribution in [0.3, 0.4) is 0 Å². The molecule has 1 atom stereocenters. The van der Waals surface area contributed by atoms with Gasteiger partial charge in [0, 0.05) is 19.5 Å². The fraction of sp³-hybridized carbons (Fsp3) is 0.786. The molecular weight excluding hydrogens is 290 g/mol. The molecule has 1 heterocycles. The number of hydrogen-bond acceptors (Lipinski definition) is 2. The van der Waals surface area contributed by atoms with Gasteiger partial charge in [-0.3, -0.25) is 4.68 Å². The number of halogens is 1. The second-order valence-electron chi connectivity index (χ2n) is 5.43. The zero-order valence-corrected chi connectivity index (χ0v) is 13.3. The summed E-state index contributed by atoms with van der Waals surface area (Å²) in [6.45, 7) is 5.41. The lowest BCUT2D eigenvalue weighted by Gasteiger charge is -2.34. The molecule has 1 unspecified atom stereocenters. The maximum Gasteiger partial charge on any atom is 0.0738 e. The number of aromatic nitrogens is 2. The fourth-order valence-electron chi connectivity index (χ4n) is 2.69. The van der Waals surface area contributed by atoms with Crippen molar-refractivity contribution in [2.75, 3.05) is 6.54 Å². The van der Waals surface area contributed by atoms with Gasteiger partial charge < -0.3 is 5.32 Å². The molecule has 1 aliphatic carbocycles. The van der Waals surface area contributed by atoms with Crippen molar-refractivity contribution in [3.05, 3.63) is 15.9 Å². The molecule has 18 heavy (non-hydrogen) atoms. The van der Waals surface area contributed by atoms with Crippen LogP contribution in [0.2, 0.25) is 0 Å². The number of hydrogen-bond donors (Lipinski definition) is 1. The summed E-state index contributed by atoms with van der Waals surface area (Å²) in [7, 11) is 2.05. The van der Waals surface area contributed by atoms with Crippen molar-refractivity contribution in [1.82, 2.24) is 15.1 Å². The third-order valence-electron chi connectivity index (χ3n) is 4.05. The Balaban J connectivity index is 2.07. The van der Waals surface area contributed by atoms with E-state index in [4.69, 9.17) is 0 Å². The Morgan fingerprint density at radius 2 is 2.22 bits per heavy atom. The smallest absolute Gasteiger partial charge is 0.0738 e. The molecule has 0 saturated heterocycles. The molecule has 102 valence electrons. The average Bonchev–Trinajstić information content (AvgIpc) is 2.50. The summed E-state index contributed by atoms with van der Waals surface area (Å²) in [6.07, 6.45) is 6.46. The fourth-order valence-corrected chi connectivity index (χ4v) is 3.19. The van der Waals surface area contributed by atoms with E-state index in [-0.39, 0.29) is 0 Å². The van der Waals surface area contributed by atoms with Crippen LogP contribution in [0.5, 0.6) is 0 Å². The van der Waals surface area contributed by atoms with E-state index in [0.717, 1.165) is 24.6 Å². The van der Waals surface area contributed by atoms with E-state index in [1.165, 1.54) is 35.8 Å². The summed E-state index contributed by atoms with van der Waals surface area (Å²) in [6, 6.07) is 0.616. The topological polar surface area (TPSA) is 29.9 Å². The van der Waals surface area contributed by atoms with Crippen LogP contribution >= 0.6 is 15.9 Å². The predicted molar refractivity (Wildman–Crippen MR) is 78.8 cm³/mol. The van der Waals surface area contributed by atoms with Gasteiger partial charge in [0.25, 0.3) is 0 Å². The minimum absolute atomic E-state index is 0.616. The van der Waals surface area contributed by atoms with Gasteiger partial charge in [0.1, 0.15) is 0 Å². The van der Waals surface area contributed by atoms with Crippen LogP contribution < -0.4 is 5.32 Å². The second-order valence-corrected chi connectivity index (χ2v) is 6.22. The highest BCUT2D eigenvalue weighted by Gasteiger charge is 2.28. The molecular formula is C14H24BrN3. The largest absolute Gasteiger partial charge is 0.313 e. The van der Waals surface area contributed by atoms with Crippen molar-refractivity contribution < 1.29 is 0 Å². The van der Waals surface area contributed by atoms with Gasteiger partial charge in [-0.1, -0.05) is 13.3 Å². The maximum atomic E-state index is 4.49. The Bertz CT molecular complexity index is 396. The average molecular weight is 314 g/mol. The van der Waals surface area contributed by atoms with Crippen molar-refractivity contribution >= 4 is 15.9 Å². The first-order valence-corrected chi connectivity index (χ1v) is 7.84. The molecule has 1 aromatic heterocycles. The van der Waals surface area contributed by atoms with E-state index in [1.54, 1.807) is 0 Å². The van der Waals surface area contributed by atoms with E-state index in [9.17, 15) is 0 Å². The molecule has 0 aliphatic heterocycles. The number of aryl methyl sites for hydroxylation is 2. The Labute approximate surface area is 118 Å². The number of nitrogens with one attached hydrogen (secondary N) is 1. The SMILES string of the molecule is CCCNC(Cc1c(Br)c(C)nn1C)C1CCC1. The highest BCUT2D eigenvalue weighted by molar-refractivity contribution is 9.10. The van der Waals surface area contributed by atoms with E-state index in [2.05, 4.69) is 40.2 Å². The third-order valence-corrected chi connectivity index (χ3v) is 5.08. The molecule has 0 radical (unpaired) electrons. The minimum atomic E-state index is 0.616. The van der Waals surface area contributed by atoms with Gasteiger partial charge >= 0.3 is 0 Å². The number of nitrogens with zero attached hydrogens (tertiary/aromatic N) is 2. The molecule has 1 aliphatic rings. The van der Waals surface area contributed by atoms with Crippen LogP contribution in [0.15, 0.2) is 4.47 Å². The lowest BCUT2D eigenvalue weighted by atomic mass is 9.78. The molecule has 3 nitrogen and oxygen atoms in total. The molecule has 1 N–H and O–H groups in total. The van der Waals surface area contributed by atoms with Gasteiger partial charge in [-0.15, -0.1) is 0 Å². The second kappa shape index (κ2) is 6.20. The first-order valence-electron chi connectivity index (χ1n) is 7.04. The lowest BCUT2D eigenvalue weighted by molar-refractivity contribution is 0.225. The molecule has 0 bridgehead atoms. The van der Waals surface area contributed by atoms with E-state index in [1.807, 2.05) is 11.7 Å². The normalized spacial score (nSPS) is 17.8. The quantitative estimate of drug-likeness (QED) is 0.874. The molecule has 1 saturated carbocycles.